The first-order valence-electron chi connectivity index (χ1n) is 11.3. The fourth-order valence-electron chi connectivity index (χ4n) is 4.60. The maximum atomic E-state index is 13.4. The van der Waals surface area contributed by atoms with Crippen LogP contribution in [0.25, 0.3) is 0 Å². The second-order valence-corrected chi connectivity index (χ2v) is 11.3. The molecule has 9 nitrogen and oxygen atoms in total. The number of amides is 3. The van der Waals surface area contributed by atoms with Gasteiger partial charge in [0.15, 0.2) is 9.84 Å². The second kappa shape index (κ2) is 10.3. The lowest BCUT2D eigenvalue weighted by molar-refractivity contribution is -0.138. The number of nitrogens with zero attached hydrogens (tertiary/aromatic N) is 2. The molecule has 176 valence electrons. The Morgan fingerprint density at radius 2 is 1.74 bits per heavy atom. The molecule has 0 spiro atoms. The minimum absolute atomic E-state index is 0.0148. The zero-order valence-electron chi connectivity index (χ0n) is 18.5. The number of rotatable bonds is 7. The summed E-state index contributed by atoms with van der Waals surface area (Å²) in [5, 5.41) is -1.57. The van der Waals surface area contributed by atoms with Crippen molar-refractivity contribution in [2.45, 2.75) is 63.7 Å². The van der Waals surface area contributed by atoms with Crippen LogP contribution in [0.1, 0.15) is 52.4 Å². The predicted molar refractivity (Wildman–Crippen MR) is 113 cm³/mol. The fraction of sp³-hybridized carbons (Fsp3) is 0.857. The summed E-state index contributed by atoms with van der Waals surface area (Å²) in [6.07, 6.45) is 3.35. The molecule has 0 radical (unpaired) electrons. The van der Waals surface area contributed by atoms with Gasteiger partial charge in [0.05, 0.1) is 31.4 Å². The molecule has 3 rings (SSSR count). The van der Waals surface area contributed by atoms with E-state index >= 15 is 0 Å². The van der Waals surface area contributed by atoms with E-state index in [1.165, 1.54) is 4.90 Å². The number of ether oxygens (including phenoxy) is 2. The molecular formula is C21H34N2O7S. The minimum atomic E-state index is -3.94. The molecule has 1 aliphatic carbocycles. The van der Waals surface area contributed by atoms with Crippen molar-refractivity contribution in [3.8, 4) is 0 Å². The van der Waals surface area contributed by atoms with Crippen LogP contribution < -0.4 is 0 Å². The highest BCUT2D eigenvalue weighted by atomic mass is 32.2. The van der Waals surface area contributed by atoms with Crippen LogP contribution in [0.4, 0.5) is 4.79 Å². The molecule has 2 aliphatic heterocycles. The van der Waals surface area contributed by atoms with E-state index in [1.54, 1.807) is 0 Å². The van der Waals surface area contributed by atoms with Crippen molar-refractivity contribution in [3.05, 3.63) is 0 Å². The van der Waals surface area contributed by atoms with E-state index in [0.717, 1.165) is 37.0 Å². The Morgan fingerprint density at radius 1 is 1.10 bits per heavy atom. The molecule has 0 aromatic rings. The molecule has 10 heteroatoms. The average molecular weight is 459 g/mol. The third kappa shape index (κ3) is 5.77. The normalized spacial score (nSPS) is 24.4. The van der Waals surface area contributed by atoms with Gasteiger partial charge in [-0.15, -0.1) is 0 Å². The van der Waals surface area contributed by atoms with Crippen LogP contribution in [0, 0.1) is 11.8 Å². The summed E-state index contributed by atoms with van der Waals surface area (Å²) in [4.78, 5) is 41.1. The highest BCUT2D eigenvalue weighted by molar-refractivity contribution is 7.92. The largest absolute Gasteiger partial charge is 0.447 e. The van der Waals surface area contributed by atoms with Crippen LogP contribution in [0.15, 0.2) is 0 Å². The molecule has 2 unspecified atom stereocenters. The van der Waals surface area contributed by atoms with E-state index in [2.05, 4.69) is 0 Å². The van der Waals surface area contributed by atoms with Crippen LogP contribution in [0.5, 0.6) is 0 Å². The van der Waals surface area contributed by atoms with Crippen LogP contribution >= 0.6 is 0 Å². The summed E-state index contributed by atoms with van der Waals surface area (Å²) in [6.45, 7) is 5.22. The molecule has 0 aromatic carbocycles. The Morgan fingerprint density at radius 3 is 2.35 bits per heavy atom. The summed E-state index contributed by atoms with van der Waals surface area (Å²) in [6, 6.07) is -0.536. The van der Waals surface area contributed by atoms with Crippen LogP contribution in [0.2, 0.25) is 0 Å². The monoisotopic (exact) mass is 458 g/mol. The molecule has 0 aromatic heterocycles. The molecule has 2 atom stereocenters. The first kappa shape index (κ1) is 24.0. The molecular weight excluding hydrogens is 424 g/mol. The Hall–Kier alpha value is -1.68. The molecule has 2 heterocycles. The first-order chi connectivity index (χ1) is 14.7. The molecule has 3 fully saturated rings. The summed E-state index contributed by atoms with van der Waals surface area (Å²) in [7, 11) is -3.94. The van der Waals surface area contributed by atoms with E-state index in [1.807, 2.05) is 13.8 Å². The quantitative estimate of drug-likeness (QED) is 0.570. The molecule has 2 saturated heterocycles. The Balaban J connectivity index is 1.84. The lowest BCUT2D eigenvalue weighted by Crippen LogP contribution is -2.52. The van der Waals surface area contributed by atoms with Crippen LogP contribution in [-0.4, -0.2) is 86.1 Å². The van der Waals surface area contributed by atoms with E-state index in [0.29, 0.717) is 26.3 Å². The predicted octanol–water partition coefficient (Wildman–Crippen LogP) is 1.60. The van der Waals surface area contributed by atoms with E-state index in [9.17, 15) is 22.8 Å². The molecule has 0 bridgehead atoms. The van der Waals surface area contributed by atoms with Crippen molar-refractivity contribution in [2.75, 3.05) is 38.7 Å². The third-order valence-corrected chi connectivity index (χ3v) is 8.71. The van der Waals surface area contributed by atoms with Gasteiger partial charge in [0.25, 0.3) is 5.91 Å². The van der Waals surface area contributed by atoms with E-state index in [-0.39, 0.29) is 24.2 Å². The number of sulfone groups is 1. The summed E-state index contributed by atoms with van der Waals surface area (Å²) in [5.74, 6) is -1.47. The van der Waals surface area contributed by atoms with Gasteiger partial charge in [0, 0.05) is 13.1 Å². The number of morpholine rings is 1. The lowest BCUT2D eigenvalue weighted by atomic mass is 9.91. The van der Waals surface area contributed by atoms with Crippen molar-refractivity contribution in [1.82, 2.24) is 9.80 Å². The number of imide groups is 1. The number of carbonyl (C=O) groups excluding carboxylic acids is 3. The number of hydrogen-bond acceptors (Lipinski definition) is 7. The maximum Gasteiger partial charge on any atom is 0.417 e. The van der Waals surface area contributed by atoms with Gasteiger partial charge in [-0.05, 0) is 24.7 Å². The van der Waals surface area contributed by atoms with Crippen LogP contribution in [-0.2, 0) is 28.9 Å². The third-order valence-electron chi connectivity index (χ3n) is 6.54. The SMILES string of the molecule is CC(C)C1COC(=O)N1C(=O)C(CC(=O)N1CCOCC1)S(=O)(=O)CC1CCCCC1. The van der Waals surface area contributed by atoms with Crippen LogP contribution in [0.3, 0.4) is 0 Å². The van der Waals surface area contributed by atoms with Crippen molar-refractivity contribution < 1.29 is 32.3 Å². The standard InChI is InChI=1S/C21H34N2O7S/c1-15(2)17-13-30-21(26)23(17)20(25)18(12-19(24)22-8-10-29-11-9-22)31(27,28)14-16-6-4-3-5-7-16/h15-18H,3-14H2,1-2H3. The van der Waals surface area contributed by atoms with Gasteiger partial charge < -0.3 is 14.4 Å². The maximum absolute atomic E-state index is 13.4. The molecule has 0 N–H and O–H groups in total. The number of cyclic esters (lactones) is 1. The zero-order valence-corrected chi connectivity index (χ0v) is 19.3. The number of carbonyl (C=O) groups is 3. The summed E-state index contributed by atoms with van der Waals surface area (Å²) in [5.41, 5.74) is 0. The van der Waals surface area contributed by atoms with E-state index in [4.69, 9.17) is 9.47 Å². The summed E-state index contributed by atoms with van der Waals surface area (Å²) >= 11 is 0. The highest BCUT2D eigenvalue weighted by Gasteiger charge is 2.47. The molecule has 31 heavy (non-hydrogen) atoms. The molecule has 3 amide bonds. The Kier molecular flexibility index (Phi) is 7.96. The highest BCUT2D eigenvalue weighted by Crippen LogP contribution is 2.29. The van der Waals surface area contributed by atoms with Crippen molar-refractivity contribution in [2.24, 2.45) is 11.8 Å². The zero-order chi connectivity index (χ0) is 22.6. The van der Waals surface area contributed by atoms with Gasteiger partial charge in [0.1, 0.15) is 11.9 Å². The van der Waals surface area contributed by atoms with E-state index < -0.39 is 45.5 Å². The van der Waals surface area contributed by atoms with Gasteiger partial charge in [-0.25, -0.2) is 18.1 Å². The first-order valence-corrected chi connectivity index (χ1v) is 13.0. The minimum Gasteiger partial charge on any atom is -0.447 e. The smallest absolute Gasteiger partial charge is 0.417 e. The van der Waals surface area contributed by atoms with Crippen molar-refractivity contribution in [1.29, 1.82) is 0 Å². The molecule has 3 aliphatic rings. The van der Waals surface area contributed by atoms with Gasteiger partial charge in [-0.1, -0.05) is 33.1 Å². The van der Waals surface area contributed by atoms with Gasteiger partial charge in [-0.3, -0.25) is 9.59 Å². The summed E-state index contributed by atoms with van der Waals surface area (Å²) < 4.78 is 37.1. The second-order valence-electron chi connectivity index (χ2n) is 9.12. The molecule has 1 saturated carbocycles. The van der Waals surface area contributed by atoms with Gasteiger partial charge in [0.2, 0.25) is 5.91 Å². The van der Waals surface area contributed by atoms with Gasteiger partial charge in [-0.2, -0.15) is 0 Å². The number of hydrogen-bond donors (Lipinski definition) is 0. The topological polar surface area (TPSA) is 110 Å². The van der Waals surface area contributed by atoms with Crippen molar-refractivity contribution >= 4 is 27.7 Å². The average Bonchev–Trinajstić information content (AvgIpc) is 3.14. The lowest BCUT2D eigenvalue weighted by Gasteiger charge is -2.31. The van der Waals surface area contributed by atoms with Crippen molar-refractivity contribution in [3.63, 3.8) is 0 Å². The fourth-order valence-corrected chi connectivity index (χ4v) is 6.64. The van der Waals surface area contributed by atoms with Gasteiger partial charge >= 0.3 is 6.09 Å². The Labute approximate surface area is 184 Å². The Bertz CT molecular complexity index is 771.